The molecule has 0 aromatic heterocycles. The van der Waals surface area contributed by atoms with E-state index >= 15 is 0 Å². The van der Waals surface area contributed by atoms with Gasteiger partial charge in [-0.2, -0.15) is 0 Å². The number of carbonyl (C=O) groups excluding carboxylic acids is 2. The Labute approximate surface area is 181 Å². The molecule has 1 heterocycles. The minimum absolute atomic E-state index is 0.0809. The highest BCUT2D eigenvalue weighted by atomic mass is 32.2. The van der Waals surface area contributed by atoms with Crippen LogP contribution in [0.1, 0.15) is 33.6 Å². The van der Waals surface area contributed by atoms with Crippen LogP contribution in [0.3, 0.4) is 0 Å². The molecule has 1 aliphatic rings. The van der Waals surface area contributed by atoms with Gasteiger partial charge in [-0.3, -0.25) is 9.10 Å². The van der Waals surface area contributed by atoms with Gasteiger partial charge in [0.05, 0.1) is 44.0 Å². The smallest absolute Gasteiger partial charge is 0.340 e. The number of benzene rings is 2. The molecule has 1 amide bonds. The van der Waals surface area contributed by atoms with Crippen LogP contribution < -0.4 is 19.1 Å². The Morgan fingerprint density at radius 1 is 1.00 bits per heavy atom. The van der Waals surface area contributed by atoms with Gasteiger partial charge in [0.15, 0.2) is 11.5 Å². The van der Waals surface area contributed by atoms with Crippen LogP contribution >= 0.6 is 0 Å². The van der Waals surface area contributed by atoms with Gasteiger partial charge in [-0.05, 0) is 31.0 Å². The maximum absolute atomic E-state index is 12.9. The number of hydrogen-bond donors (Lipinski definition) is 1. The molecule has 1 N–H and O–H groups in total. The molecule has 1 saturated heterocycles. The summed E-state index contributed by atoms with van der Waals surface area (Å²) in [6, 6.07) is 9.21. The van der Waals surface area contributed by atoms with Gasteiger partial charge < -0.3 is 19.5 Å². The number of hydrogen-bond acceptors (Lipinski definition) is 7. The summed E-state index contributed by atoms with van der Waals surface area (Å²) in [5.41, 5.74) is 0.922. The Morgan fingerprint density at radius 3 is 2.35 bits per heavy atom. The summed E-state index contributed by atoms with van der Waals surface area (Å²) < 4.78 is 41.4. The number of nitrogens with zero attached hydrogens (tertiary/aromatic N) is 1. The summed E-state index contributed by atoms with van der Waals surface area (Å²) in [5, 5.41) is 2.68. The van der Waals surface area contributed by atoms with Crippen LogP contribution in [0.5, 0.6) is 11.5 Å². The van der Waals surface area contributed by atoms with Gasteiger partial charge >= 0.3 is 5.97 Å². The summed E-state index contributed by atoms with van der Waals surface area (Å²) in [6.07, 6.45) is 1.37. The lowest BCUT2D eigenvalue weighted by Gasteiger charge is -2.28. The van der Waals surface area contributed by atoms with Crippen LogP contribution in [-0.2, 0) is 14.8 Å². The molecular weight excluding hydrogens is 424 g/mol. The largest absolute Gasteiger partial charge is 0.493 e. The van der Waals surface area contributed by atoms with Crippen LogP contribution in [0.4, 0.5) is 11.4 Å². The quantitative estimate of drug-likeness (QED) is 0.676. The van der Waals surface area contributed by atoms with Gasteiger partial charge in [-0.25, -0.2) is 13.2 Å². The monoisotopic (exact) mass is 448 g/mol. The molecule has 1 aliphatic heterocycles. The first-order chi connectivity index (χ1) is 14.8. The van der Waals surface area contributed by atoms with E-state index in [1.807, 2.05) is 0 Å². The molecule has 0 radical (unpaired) electrons. The van der Waals surface area contributed by atoms with Crippen molar-refractivity contribution in [2.45, 2.75) is 12.8 Å². The second-order valence-corrected chi connectivity index (χ2v) is 8.86. The maximum atomic E-state index is 12.9. The number of carbonyl (C=O) groups is 2. The molecule has 166 valence electrons. The number of methoxy groups -OCH3 is 3. The lowest BCUT2D eigenvalue weighted by atomic mass is 10.1. The summed E-state index contributed by atoms with van der Waals surface area (Å²) in [4.78, 5) is 25.1. The molecule has 0 unspecified atom stereocenters. The second-order valence-electron chi connectivity index (χ2n) is 6.84. The lowest BCUT2D eigenvalue weighted by molar-refractivity contribution is 0.0601. The third-order valence-corrected chi connectivity index (χ3v) is 6.79. The van der Waals surface area contributed by atoms with E-state index in [4.69, 9.17) is 14.2 Å². The number of anilines is 2. The zero-order valence-corrected chi connectivity index (χ0v) is 18.3. The average Bonchev–Trinajstić information content (AvgIpc) is 2.77. The molecule has 0 bridgehead atoms. The maximum Gasteiger partial charge on any atom is 0.340 e. The fourth-order valence-corrected chi connectivity index (χ4v) is 4.97. The number of sulfonamides is 1. The minimum Gasteiger partial charge on any atom is -0.493 e. The van der Waals surface area contributed by atoms with Crippen molar-refractivity contribution in [3.05, 3.63) is 47.5 Å². The second kappa shape index (κ2) is 9.25. The van der Waals surface area contributed by atoms with Crippen molar-refractivity contribution in [3.63, 3.8) is 0 Å². The molecule has 2 aromatic rings. The summed E-state index contributed by atoms with van der Waals surface area (Å²) >= 11 is 0. The molecule has 0 saturated carbocycles. The van der Waals surface area contributed by atoms with Crippen LogP contribution in [0, 0.1) is 0 Å². The first kappa shape index (κ1) is 22.4. The van der Waals surface area contributed by atoms with Gasteiger partial charge in [0, 0.05) is 24.2 Å². The number of ether oxygens (including phenoxy) is 3. The molecule has 0 aliphatic carbocycles. The summed E-state index contributed by atoms with van der Waals surface area (Å²) in [5.74, 6) is -0.479. The first-order valence-electron chi connectivity index (χ1n) is 9.57. The predicted molar refractivity (Wildman–Crippen MR) is 116 cm³/mol. The van der Waals surface area contributed by atoms with E-state index in [1.165, 1.54) is 43.8 Å². The first-order valence-corrected chi connectivity index (χ1v) is 11.2. The van der Waals surface area contributed by atoms with E-state index in [2.05, 4.69) is 5.32 Å². The van der Waals surface area contributed by atoms with Crippen molar-refractivity contribution < 1.29 is 32.2 Å². The Bertz CT molecular complexity index is 1100. The van der Waals surface area contributed by atoms with E-state index in [9.17, 15) is 18.0 Å². The minimum atomic E-state index is -3.41. The van der Waals surface area contributed by atoms with E-state index < -0.39 is 21.9 Å². The van der Waals surface area contributed by atoms with Gasteiger partial charge in [0.25, 0.3) is 5.91 Å². The van der Waals surface area contributed by atoms with E-state index in [0.29, 0.717) is 30.2 Å². The third-order valence-electron chi connectivity index (χ3n) is 4.92. The van der Waals surface area contributed by atoms with Gasteiger partial charge in [0.1, 0.15) is 0 Å². The fourth-order valence-electron chi connectivity index (χ4n) is 3.34. The molecule has 2 aromatic carbocycles. The SMILES string of the molecule is COC(=O)c1cc(OC)c(OC)cc1NC(=O)c1cccc(N2CCCCS2(=O)=O)c1. The van der Waals surface area contributed by atoms with Crippen LogP contribution in [0.15, 0.2) is 36.4 Å². The highest BCUT2D eigenvalue weighted by Gasteiger charge is 2.27. The van der Waals surface area contributed by atoms with E-state index in [-0.39, 0.29) is 22.6 Å². The average molecular weight is 448 g/mol. The third kappa shape index (κ3) is 4.74. The summed E-state index contributed by atoms with van der Waals surface area (Å²) in [7, 11) is 0.686. The predicted octanol–water partition coefficient (Wildman–Crippen LogP) is 2.67. The molecule has 0 spiro atoms. The molecule has 10 heteroatoms. The Kier molecular flexibility index (Phi) is 6.69. The van der Waals surface area contributed by atoms with Crippen molar-refractivity contribution in [1.29, 1.82) is 0 Å². The van der Waals surface area contributed by atoms with E-state index in [0.717, 1.165) is 6.42 Å². The fraction of sp³-hybridized carbons (Fsp3) is 0.333. The van der Waals surface area contributed by atoms with E-state index in [1.54, 1.807) is 18.2 Å². The molecule has 31 heavy (non-hydrogen) atoms. The number of amides is 1. The Hall–Kier alpha value is -3.27. The van der Waals surface area contributed by atoms with Crippen LogP contribution in [-0.4, -0.2) is 53.9 Å². The number of esters is 1. The van der Waals surface area contributed by atoms with Crippen molar-refractivity contribution in [3.8, 4) is 11.5 Å². The molecule has 0 atom stereocenters. The van der Waals surface area contributed by atoms with Crippen LogP contribution in [0.2, 0.25) is 0 Å². The van der Waals surface area contributed by atoms with Crippen molar-refractivity contribution in [1.82, 2.24) is 0 Å². The zero-order chi connectivity index (χ0) is 22.6. The Balaban J connectivity index is 1.94. The van der Waals surface area contributed by atoms with Gasteiger partial charge in [-0.1, -0.05) is 6.07 Å². The molecular formula is C21H24N2O7S. The molecule has 3 rings (SSSR count). The highest BCUT2D eigenvalue weighted by Crippen LogP contribution is 2.34. The highest BCUT2D eigenvalue weighted by molar-refractivity contribution is 7.92. The van der Waals surface area contributed by atoms with Crippen molar-refractivity contribution in [2.24, 2.45) is 0 Å². The van der Waals surface area contributed by atoms with Crippen molar-refractivity contribution in [2.75, 3.05) is 43.2 Å². The van der Waals surface area contributed by atoms with Gasteiger partial charge in [0.2, 0.25) is 10.0 Å². The standard InChI is InChI=1S/C21H24N2O7S/c1-28-18-12-16(21(25)30-3)17(13-19(18)29-2)22-20(24)14-7-6-8-15(11-14)23-9-4-5-10-31(23,26)27/h6-8,11-13H,4-5,9-10H2,1-3H3,(H,22,24). The topological polar surface area (TPSA) is 111 Å². The molecule has 1 fully saturated rings. The molecule has 9 nitrogen and oxygen atoms in total. The zero-order valence-electron chi connectivity index (χ0n) is 17.5. The van der Waals surface area contributed by atoms with Gasteiger partial charge in [-0.15, -0.1) is 0 Å². The lowest BCUT2D eigenvalue weighted by Crippen LogP contribution is -2.37. The van der Waals surface area contributed by atoms with Crippen molar-refractivity contribution >= 4 is 33.3 Å². The summed E-state index contributed by atoms with van der Waals surface area (Å²) in [6.45, 7) is 0.371. The normalized spacial score (nSPS) is 15.1. The van der Waals surface area contributed by atoms with Crippen LogP contribution in [0.25, 0.3) is 0 Å². The Morgan fingerprint density at radius 2 is 1.71 bits per heavy atom. The number of rotatable bonds is 6. The number of nitrogens with one attached hydrogen (secondary N) is 1.